The Balaban J connectivity index is 1.43. The zero-order valence-corrected chi connectivity index (χ0v) is 14.7. The molecule has 1 aliphatic heterocycles. The van der Waals surface area contributed by atoms with Crippen molar-refractivity contribution >= 4 is 5.91 Å². The van der Waals surface area contributed by atoms with Crippen LogP contribution < -0.4 is 14.8 Å². The molecule has 4 nitrogen and oxygen atoms in total. The first kappa shape index (κ1) is 17.3. The van der Waals surface area contributed by atoms with Gasteiger partial charge in [0.05, 0.1) is 0 Å². The number of aryl methyl sites for hydroxylation is 1. The summed E-state index contributed by atoms with van der Waals surface area (Å²) >= 11 is 0. The number of nitrogens with one attached hydrogen (secondary N) is 1. The second kappa shape index (κ2) is 8.56. The molecule has 3 rings (SSSR count). The summed E-state index contributed by atoms with van der Waals surface area (Å²) in [7, 11) is 0. The van der Waals surface area contributed by atoms with E-state index in [1.807, 2.05) is 36.4 Å². The number of hydrogen-bond donors (Lipinski definition) is 1. The van der Waals surface area contributed by atoms with Crippen LogP contribution in [0.3, 0.4) is 0 Å². The van der Waals surface area contributed by atoms with Crippen LogP contribution in [0.15, 0.2) is 48.5 Å². The van der Waals surface area contributed by atoms with Gasteiger partial charge in [0.25, 0.3) is 0 Å². The van der Waals surface area contributed by atoms with Crippen molar-refractivity contribution in [2.24, 2.45) is 0 Å². The fourth-order valence-corrected chi connectivity index (χ4v) is 3.00. The third-order valence-corrected chi connectivity index (χ3v) is 4.43. The highest BCUT2D eigenvalue weighted by atomic mass is 16.6. The summed E-state index contributed by atoms with van der Waals surface area (Å²) in [5, 5.41) is 3.02. The summed E-state index contributed by atoms with van der Waals surface area (Å²) < 4.78 is 11.2. The van der Waals surface area contributed by atoms with Crippen LogP contribution in [0.25, 0.3) is 0 Å². The van der Waals surface area contributed by atoms with Crippen molar-refractivity contribution in [3.8, 4) is 11.5 Å². The summed E-state index contributed by atoms with van der Waals surface area (Å²) in [5.74, 6) is 1.80. The number of hydrogen-bond acceptors (Lipinski definition) is 3. The number of carbonyl (C=O) groups is 1. The van der Waals surface area contributed by atoms with E-state index in [0.29, 0.717) is 26.2 Å². The van der Waals surface area contributed by atoms with Gasteiger partial charge in [-0.3, -0.25) is 4.79 Å². The van der Waals surface area contributed by atoms with Crippen LogP contribution in [0.1, 0.15) is 36.8 Å². The lowest BCUT2D eigenvalue weighted by Gasteiger charge is -2.20. The first-order chi connectivity index (χ1) is 12.2. The molecule has 132 valence electrons. The molecule has 1 amide bonds. The average Bonchev–Trinajstić information content (AvgIpc) is 2.65. The summed E-state index contributed by atoms with van der Waals surface area (Å²) in [6.07, 6.45) is 2.41. The Hall–Kier alpha value is -2.49. The zero-order valence-electron chi connectivity index (χ0n) is 14.7. The van der Waals surface area contributed by atoms with Gasteiger partial charge in [0.15, 0.2) is 11.5 Å². The second-order valence-corrected chi connectivity index (χ2v) is 6.45. The Morgan fingerprint density at radius 3 is 2.64 bits per heavy atom. The molecule has 0 spiro atoms. The molecule has 2 aromatic rings. The van der Waals surface area contributed by atoms with Crippen LogP contribution in [0.2, 0.25) is 0 Å². The van der Waals surface area contributed by atoms with E-state index in [0.717, 1.165) is 29.9 Å². The first-order valence-corrected chi connectivity index (χ1v) is 8.92. The van der Waals surface area contributed by atoms with Crippen LogP contribution in [-0.2, 0) is 11.2 Å². The lowest BCUT2D eigenvalue weighted by molar-refractivity contribution is -0.121. The van der Waals surface area contributed by atoms with Gasteiger partial charge in [-0.15, -0.1) is 0 Å². The minimum atomic E-state index is 0.0930. The smallest absolute Gasteiger partial charge is 0.220 e. The van der Waals surface area contributed by atoms with Crippen molar-refractivity contribution in [2.75, 3.05) is 19.8 Å². The number of ether oxygens (including phenoxy) is 2. The van der Waals surface area contributed by atoms with Crippen molar-refractivity contribution in [3.05, 3.63) is 59.7 Å². The van der Waals surface area contributed by atoms with E-state index in [1.165, 1.54) is 5.56 Å². The third kappa shape index (κ3) is 4.99. The van der Waals surface area contributed by atoms with Gasteiger partial charge in [-0.05, 0) is 42.0 Å². The Labute approximate surface area is 149 Å². The predicted molar refractivity (Wildman–Crippen MR) is 98.2 cm³/mol. The Kier molecular flexibility index (Phi) is 5.94. The Morgan fingerprint density at radius 1 is 1.08 bits per heavy atom. The second-order valence-electron chi connectivity index (χ2n) is 6.45. The summed E-state index contributed by atoms with van der Waals surface area (Å²) in [4.78, 5) is 12.2. The van der Waals surface area contributed by atoms with Gasteiger partial charge >= 0.3 is 0 Å². The molecule has 0 fully saturated rings. The molecular formula is C21H25NO3. The number of carbonyl (C=O) groups excluding carboxylic acids is 1. The van der Waals surface area contributed by atoms with Crippen LogP contribution in [0.5, 0.6) is 11.5 Å². The number of rotatable bonds is 7. The van der Waals surface area contributed by atoms with Gasteiger partial charge in [-0.2, -0.15) is 0 Å². The summed E-state index contributed by atoms with van der Waals surface area (Å²) in [6, 6.07) is 16.3. The van der Waals surface area contributed by atoms with E-state index in [4.69, 9.17) is 9.47 Å². The van der Waals surface area contributed by atoms with Crippen LogP contribution in [0, 0.1) is 0 Å². The molecule has 25 heavy (non-hydrogen) atoms. The first-order valence-electron chi connectivity index (χ1n) is 8.92. The fourth-order valence-electron chi connectivity index (χ4n) is 3.00. The lowest BCUT2D eigenvalue weighted by Crippen LogP contribution is -2.26. The molecule has 2 aromatic carbocycles. The maximum absolute atomic E-state index is 12.2. The molecule has 0 aliphatic carbocycles. The van der Waals surface area contributed by atoms with Crippen molar-refractivity contribution in [2.45, 2.75) is 32.1 Å². The molecular weight excluding hydrogens is 314 g/mol. The molecule has 1 atom stereocenters. The van der Waals surface area contributed by atoms with Gasteiger partial charge in [-0.1, -0.05) is 43.3 Å². The monoisotopic (exact) mass is 339 g/mol. The molecule has 0 saturated carbocycles. The topological polar surface area (TPSA) is 47.6 Å². The van der Waals surface area contributed by atoms with E-state index >= 15 is 0 Å². The molecule has 1 heterocycles. The van der Waals surface area contributed by atoms with E-state index in [1.54, 1.807) is 0 Å². The minimum Gasteiger partial charge on any atom is -0.486 e. The van der Waals surface area contributed by atoms with Gasteiger partial charge in [0.2, 0.25) is 5.91 Å². The molecule has 1 N–H and O–H groups in total. The maximum Gasteiger partial charge on any atom is 0.220 e. The molecule has 0 bridgehead atoms. The molecule has 1 unspecified atom stereocenters. The largest absolute Gasteiger partial charge is 0.486 e. The number of fused-ring (bicyclic) bond motifs is 1. The minimum absolute atomic E-state index is 0.0930. The summed E-state index contributed by atoms with van der Waals surface area (Å²) in [5.41, 5.74) is 2.41. The Morgan fingerprint density at radius 2 is 1.84 bits per heavy atom. The van der Waals surface area contributed by atoms with Gasteiger partial charge in [0, 0.05) is 13.0 Å². The quantitative estimate of drug-likeness (QED) is 0.783. The van der Waals surface area contributed by atoms with E-state index in [2.05, 4.69) is 24.4 Å². The van der Waals surface area contributed by atoms with Crippen molar-refractivity contribution in [1.82, 2.24) is 5.32 Å². The molecule has 4 heteroatoms. The maximum atomic E-state index is 12.2. The number of amides is 1. The number of benzene rings is 2. The summed E-state index contributed by atoms with van der Waals surface area (Å²) in [6.45, 7) is 3.94. The average molecular weight is 339 g/mol. The molecule has 0 aromatic heterocycles. The van der Waals surface area contributed by atoms with Crippen LogP contribution in [0.4, 0.5) is 0 Å². The van der Waals surface area contributed by atoms with Gasteiger partial charge < -0.3 is 14.8 Å². The fraction of sp³-hybridized carbons (Fsp3) is 0.381. The normalized spacial score (nSPS) is 14.0. The van der Waals surface area contributed by atoms with E-state index in [9.17, 15) is 4.79 Å². The van der Waals surface area contributed by atoms with Gasteiger partial charge in [-0.25, -0.2) is 0 Å². The predicted octanol–water partition coefficient (Wildman–Crippen LogP) is 3.70. The van der Waals surface area contributed by atoms with Gasteiger partial charge in [0.1, 0.15) is 13.2 Å². The highest BCUT2D eigenvalue weighted by Gasteiger charge is 2.16. The molecule has 1 aliphatic rings. The lowest BCUT2D eigenvalue weighted by atomic mass is 9.97. The third-order valence-electron chi connectivity index (χ3n) is 4.43. The van der Waals surface area contributed by atoms with Crippen molar-refractivity contribution in [1.29, 1.82) is 0 Å². The standard InChI is InChI=1S/C21H25NO3/c1-16(18-9-10-19-20(15-18)25-13-12-24-19)14-21(23)22-11-5-8-17-6-3-2-4-7-17/h2-4,6-7,9-10,15-16H,5,8,11-14H2,1H3,(H,22,23). The van der Waals surface area contributed by atoms with E-state index < -0.39 is 0 Å². The Bertz CT molecular complexity index is 700. The molecule has 0 saturated heterocycles. The molecule has 0 radical (unpaired) electrons. The highest BCUT2D eigenvalue weighted by Crippen LogP contribution is 2.33. The van der Waals surface area contributed by atoms with Crippen molar-refractivity contribution < 1.29 is 14.3 Å². The SMILES string of the molecule is CC(CC(=O)NCCCc1ccccc1)c1ccc2c(c1)OCCO2. The van der Waals surface area contributed by atoms with Crippen LogP contribution in [-0.4, -0.2) is 25.7 Å². The highest BCUT2D eigenvalue weighted by molar-refractivity contribution is 5.76. The van der Waals surface area contributed by atoms with Crippen molar-refractivity contribution in [3.63, 3.8) is 0 Å². The zero-order chi connectivity index (χ0) is 17.5. The van der Waals surface area contributed by atoms with Crippen LogP contribution >= 0.6 is 0 Å². The van der Waals surface area contributed by atoms with E-state index in [-0.39, 0.29) is 11.8 Å².